The fourth-order valence-corrected chi connectivity index (χ4v) is 2.70. The molecule has 1 aromatic heterocycles. The molecule has 0 aromatic carbocycles. The maximum absolute atomic E-state index is 5.76. The predicted octanol–water partition coefficient (Wildman–Crippen LogP) is 3.08. The summed E-state index contributed by atoms with van der Waals surface area (Å²) < 4.78 is 11.1. The lowest BCUT2D eigenvalue weighted by Crippen LogP contribution is -2.18. The van der Waals surface area contributed by atoms with E-state index in [0.717, 1.165) is 29.8 Å². The Bertz CT molecular complexity index is 335. The zero-order valence-corrected chi connectivity index (χ0v) is 10.7. The first-order valence-corrected chi connectivity index (χ1v) is 6.62. The number of ether oxygens (including phenoxy) is 1. The normalized spacial score (nSPS) is 25.1. The first-order chi connectivity index (χ1) is 8.29. The smallest absolute Gasteiger partial charge is 0.133 e. The predicted molar refractivity (Wildman–Crippen MR) is 67.4 cm³/mol. The quantitative estimate of drug-likeness (QED) is 0.856. The minimum absolute atomic E-state index is 0.523. The van der Waals surface area contributed by atoms with Gasteiger partial charge in [0.2, 0.25) is 0 Å². The third-order valence-corrected chi connectivity index (χ3v) is 3.69. The van der Waals surface area contributed by atoms with Crippen LogP contribution in [-0.2, 0) is 17.9 Å². The van der Waals surface area contributed by atoms with Crippen LogP contribution in [0, 0.1) is 11.8 Å². The van der Waals surface area contributed by atoms with Gasteiger partial charge in [-0.05, 0) is 30.7 Å². The van der Waals surface area contributed by atoms with E-state index in [-0.39, 0.29) is 0 Å². The number of rotatable bonds is 5. The summed E-state index contributed by atoms with van der Waals surface area (Å²) in [6.07, 6.45) is 7.04. The van der Waals surface area contributed by atoms with E-state index in [4.69, 9.17) is 14.9 Å². The lowest BCUT2D eigenvalue weighted by molar-refractivity contribution is 0.0560. The van der Waals surface area contributed by atoms with Gasteiger partial charge in [0.1, 0.15) is 12.4 Å². The van der Waals surface area contributed by atoms with Crippen LogP contribution in [0.4, 0.5) is 0 Å². The topological polar surface area (TPSA) is 48.4 Å². The second-order valence-corrected chi connectivity index (χ2v) is 5.23. The summed E-state index contributed by atoms with van der Waals surface area (Å²) in [4.78, 5) is 0. The fraction of sp³-hybridized carbons (Fsp3) is 0.714. The van der Waals surface area contributed by atoms with E-state index >= 15 is 0 Å². The van der Waals surface area contributed by atoms with Crippen LogP contribution in [0.5, 0.6) is 0 Å². The van der Waals surface area contributed by atoms with E-state index in [0.29, 0.717) is 13.2 Å². The van der Waals surface area contributed by atoms with Gasteiger partial charge in [0.25, 0.3) is 0 Å². The molecule has 0 aliphatic heterocycles. The monoisotopic (exact) mass is 237 g/mol. The van der Waals surface area contributed by atoms with E-state index in [9.17, 15) is 0 Å². The molecule has 1 aromatic rings. The molecule has 2 N–H and O–H groups in total. The van der Waals surface area contributed by atoms with E-state index in [2.05, 4.69) is 6.92 Å². The van der Waals surface area contributed by atoms with Crippen molar-refractivity contribution in [2.75, 3.05) is 6.61 Å². The van der Waals surface area contributed by atoms with Gasteiger partial charge in [-0.15, -0.1) is 0 Å². The van der Waals surface area contributed by atoms with Gasteiger partial charge in [-0.1, -0.05) is 19.8 Å². The van der Waals surface area contributed by atoms with Crippen LogP contribution in [0.25, 0.3) is 0 Å². The highest BCUT2D eigenvalue weighted by Crippen LogP contribution is 2.28. The van der Waals surface area contributed by atoms with Gasteiger partial charge in [-0.3, -0.25) is 0 Å². The number of nitrogens with two attached hydrogens (primary N) is 1. The molecule has 0 radical (unpaired) electrons. The Labute approximate surface area is 103 Å². The maximum Gasteiger partial charge on any atom is 0.133 e. The lowest BCUT2D eigenvalue weighted by atomic mass is 9.83. The molecule has 96 valence electrons. The highest BCUT2D eigenvalue weighted by molar-refractivity contribution is 5.15. The van der Waals surface area contributed by atoms with Crippen LogP contribution >= 0.6 is 0 Å². The minimum atomic E-state index is 0.523. The summed E-state index contributed by atoms with van der Waals surface area (Å²) in [5.41, 5.74) is 6.67. The van der Waals surface area contributed by atoms with Gasteiger partial charge >= 0.3 is 0 Å². The van der Waals surface area contributed by atoms with Crippen molar-refractivity contribution < 1.29 is 9.15 Å². The Morgan fingerprint density at radius 1 is 1.47 bits per heavy atom. The molecule has 3 nitrogen and oxygen atoms in total. The van der Waals surface area contributed by atoms with Crippen molar-refractivity contribution >= 4 is 0 Å². The number of hydrogen-bond acceptors (Lipinski definition) is 3. The molecule has 17 heavy (non-hydrogen) atoms. The number of furan rings is 1. The first kappa shape index (κ1) is 12.7. The molecule has 3 heteroatoms. The maximum atomic E-state index is 5.76. The molecule has 2 rings (SSSR count). The lowest BCUT2D eigenvalue weighted by Gasteiger charge is -2.26. The largest absolute Gasteiger partial charge is 0.467 e. The molecule has 1 aliphatic rings. The van der Waals surface area contributed by atoms with Crippen molar-refractivity contribution in [1.29, 1.82) is 0 Å². The van der Waals surface area contributed by atoms with Crippen molar-refractivity contribution in [3.8, 4) is 0 Å². The average molecular weight is 237 g/mol. The van der Waals surface area contributed by atoms with Gasteiger partial charge in [0.05, 0.1) is 12.9 Å². The van der Waals surface area contributed by atoms with Gasteiger partial charge in [0.15, 0.2) is 0 Å². The number of hydrogen-bond donors (Lipinski definition) is 1. The van der Waals surface area contributed by atoms with Crippen LogP contribution in [0.15, 0.2) is 16.7 Å². The van der Waals surface area contributed by atoms with Gasteiger partial charge in [-0.2, -0.15) is 0 Å². The van der Waals surface area contributed by atoms with E-state index in [1.165, 1.54) is 25.7 Å². The van der Waals surface area contributed by atoms with Gasteiger partial charge in [-0.25, -0.2) is 0 Å². The molecule has 1 saturated carbocycles. The van der Waals surface area contributed by atoms with Crippen LogP contribution in [0.2, 0.25) is 0 Å². The Morgan fingerprint density at radius 3 is 3.12 bits per heavy atom. The van der Waals surface area contributed by atoms with Gasteiger partial charge in [0, 0.05) is 12.1 Å². The Kier molecular flexibility index (Phi) is 4.63. The molecule has 2 atom stereocenters. The molecule has 0 amide bonds. The SMILES string of the molecule is CC1CCCC(COCc2occc2CN)C1. The van der Waals surface area contributed by atoms with Crippen molar-refractivity contribution in [1.82, 2.24) is 0 Å². The molecule has 0 bridgehead atoms. The summed E-state index contributed by atoms with van der Waals surface area (Å²) in [6, 6.07) is 1.92. The van der Waals surface area contributed by atoms with Crippen LogP contribution < -0.4 is 5.73 Å². The van der Waals surface area contributed by atoms with E-state index in [1.54, 1.807) is 6.26 Å². The molecular weight excluding hydrogens is 214 g/mol. The summed E-state index contributed by atoms with van der Waals surface area (Å²) >= 11 is 0. The molecule has 1 aliphatic carbocycles. The Balaban J connectivity index is 1.72. The molecule has 1 fully saturated rings. The van der Waals surface area contributed by atoms with Crippen molar-refractivity contribution in [3.63, 3.8) is 0 Å². The van der Waals surface area contributed by atoms with Crippen LogP contribution in [-0.4, -0.2) is 6.61 Å². The van der Waals surface area contributed by atoms with Crippen LogP contribution in [0.1, 0.15) is 43.9 Å². The third kappa shape index (κ3) is 3.58. The van der Waals surface area contributed by atoms with E-state index in [1.807, 2.05) is 6.07 Å². The summed E-state index contributed by atoms with van der Waals surface area (Å²) in [5, 5.41) is 0. The standard InChI is InChI=1S/C14H23NO2/c1-11-3-2-4-12(7-11)9-16-10-14-13(8-15)5-6-17-14/h5-6,11-12H,2-4,7-10,15H2,1H3. The highest BCUT2D eigenvalue weighted by Gasteiger charge is 2.19. The summed E-state index contributed by atoms with van der Waals surface area (Å²) in [6.45, 7) is 4.28. The zero-order valence-electron chi connectivity index (χ0n) is 10.7. The second kappa shape index (κ2) is 6.22. The zero-order chi connectivity index (χ0) is 12.1. The minimum Gasteiger partial charge on any atom is -0.467 e. The van der Waals surface area contributed by atoms with E-state index < -0.39 is 0 Å². The molecule has 2 unspecified atom stereocenters. The molecule has 1 heterocycles. The summed E-state index contributed by atoms with van der Waals surface area (Å²) in [5.74, 6) is 2.48. The van der Waals surface area contributed by atoms with Gasteiger partial charge < -0.3 is 14.9 Å². The molecular formula is C14H23NO2. The molecule has 0 spiro atoms. The summed E-state index contributed by atoms with van der Waals surface area (Å²) in [7, 11) is 0. The van der Waals surface area contributed by atoms with Crippen LogP contribution in [0.3, 0.4) is 0 Å². The second-order valence-electron chi connectivity index (χ2n) is 5.23. The average Bonchev–Trinajstić information content (AvgIpc) is 2.77. The fourth-order valence-electron chi connectivity index (χ4n) is 2.70. The third-order valence-electron chi connectivity index (χ3n) is 3.69. The first-order valence-electron chi connectivity index (χ1n) is 6.62. The van der Waals surface area contributed by atoms with Crippen molar-refractivity contribution in [3.05, 3.63) is 23.7 Å². The Hall–Kier alpha value is -0.800. The van der Waals surface area contributed by atoms with Crippen molar-refractivity contribution in [2.24, 2.45) is 17.6 Å². The Morgan fingerprint density at radius 2 is 2.35 bits per heavy atom. The highest BCUT2D eigenvalue weighted by atomic mass is 16.5. The van der Waals surface area contributed by atoms with Crippen molar-refractivity contribution in [2.45, 2.75) is 45.8 Å². The molecule has 0 saturated heterocycles.